The maximum atomic E-state index is 4.97. The van der Waals surface area contributed by atoms with Gasteiger partial charge in [0, 0.05) is 68.2 Å². The zero-order valence-corrected chi connectivity index (χ0v) is 14.9. The lowest BCUT2D eigenvalue weighted by Gasteiger charge is -2.35. The van der Waals surface area contributed by atoms with Gasteiger partial charge in [0.1, 0.15) is 0 Å². The van der Waals surface area contributed by atoms with Crippen LogP contribution >= 0.6 is 0 Å². The summed E-state index contributed by atoms with van der Waals surface area (Å²) in [6.07, 6.45) is 12.4. The Morgan fingerprint density at radius 2 is 2.04 bits per heavy atom. The highest BCUT2D eigenvalue weighted by Gasteiger charge is 2.41. The van der Waals surface area contributed by atoms with Gasteiger partial charge >= 0.3 is 0 Å². The second-order valence-electron chi connectivity index (χ2n) is 7.59. The largest absolute Gasteiger partial charge is 0.341 e. The second-order valence-corrected chi connectivity index (χ2v) is 7.59. The van der Waals surface area contributed by atoms with Crippen molar-refractivity contribution in [1.82, 2.24) is 24.6 Å². The van der Waals surface area contributed by atoms with E-state index in [1.807, 2.05) is 10.9 Å². The van der Waals surface area contributed by atoms with Gasteiger partial charge in [-0.05, 0) is 32.6 Å². The summed E-state index contributed by atoms with van der Waals surface area (Å²) in [6.45, 7) is 6.27. The topological polar surface area (TPSA) is 50.1 Å². The maximum absolute atomic E-state index is 4.97. The fourth-order valence-electron chi connectivity index (χ4n) is 4.75. The van der Waals surface area contributed by atoms with Crippen LogP contribution < -0.4 is 4.90 Å². The minimum absolute atomic E-state index is 0.478. The van der Waals surface area contributed by atoms with Gasteiger partial charge in [-0.2, -0.15) is 5.10 Å². The predicted octanol–water partition coefficient (Wildman–Crippen LogP) is 2.56. The quantitative estimate of drug-likeness (QED) is 0.857. The molecule has 25 heavy (non-hydrogen) atoms. The fourth-order valence-corrected chi connectivity index (χ4v) is 4.75. The van der Waals surface area contributed by atoms with Crippen molar-refractivity contribution in [1.29, 1.82) is 0 Å². The average Bonchev–Trinajstić information content (AvgIpc) is 3.36. The Bertz CT molecular complexity index is 763. The van der Waals surface area contributed by atoms with Crippen LogP contribution in [0, 0.1) is 0 Å². The summed E-state index contributed by atoms with van der Waals surface area (Å²) in [6, 6.07) is 1.09. The summed E-state index contributed by atoms with van der Waals surface area (Å²) in [5, 5.41) is 4.43. The molecule has 0 radical (unpaired) electrons. The molecule has 0 aromatic carbocycles. The smallest absolute Gasteiger partial charge is 0.225 e. The molecule has 0 spiro atoms. The second kappa shape index (κ2) is 6.09. The van der Waals surface area contributed by atoms with Gasteiger partial charge in [0.25, 0.3) is 0 Å². The van der Waals surface area contributed by atoms with E-state index in [4.69, 9.17) is 9.97 Å². The first-order valence-electron chi connectivity index (χ1n) is 9.69. The maximum Gasteiger partial charge on any atom is 0.225 e. The summed E-state index contributed by atoms with van der Waals surface area (Å²) in [7, 11) is 0. The van der Waals surface area contributed by atoms with Gasteiger partial charge in [0.15, 0.2) is 0 Å². The SMILES string of the molecule is CCn1cc(CN2C3CCC2c2cnc(N4CCCC4)nc2C3)cn1. The third-order valence-corrected chi connectivity index (χ3v) is 6.08. The molecule has 2 atom stereocenters. The molecule has 2 fully saturated rings. The number of hydrogen-bond acceptors (Lipinski definition) is 5. The summed E-state index contributed by atoms with van der Waals surface area (Å²) >= 11 is 0. The van der Waals surface area contributed by atoms with E-state index in [-0.39, 0.29) is 0 Å². The Labute approximate surface area is 148 Å². The Morgan fingerprint density at radius 1 is 1.16 bits per heavy atom. The molecular formula is C19H26N6. The zero-order chi connectivity index (χ0) is 16.8. The van der Waals surface area contributed by atoms with E-state index < -0.39 is 0 Å². The first kappa shape index (κ1) is 15.3. The first-order chi connectivity index (χ1) is 12.3. The lowest BCUT2D eigenvalue weighted by Crippen LogP contribution is -2.37. The van der Waals surface area contributed by atoms with Crippen LogP contribution in [0.15, 0.2) is 18.6 Å². The number of aryl methyl sites for hydroxylation is 1. The van der Waals surface area contributed by atoms with Crippen molar-refractivity contribution in [3.63, 3.8) is 0 Å². The lowest BCUT2D eigenvalue weighted by molar-refractivity contribution is 0.166. The third kappa shape index (κ3) is 2.63. The van der Waals surface area contributed by atoms with Crippen molar-refractivity contribution in [2.75, 3.05) is 18.0 Å². The van der Waals surface area contributed by atoms with Crippen molar-refractivity contribution in [3.05, 3.63) is 35.4 Å². The minimum Gasteiger partial charge on any atom is -0.341 e. The molecule has 0 saturated carbocycles. The predicted molar refractivity (Wildman–Crippen MR) is 96.4 cm³/mol. The van der Waals surface area contributed by atoms with E-state index >= 15 is 0 Å². The highest BCUT2D eigenvalue weighted by molar-refractivity contribution is 5.38. The highest BCUT2D eigenvalue weighted by atomic mass is 15.3. The number of anilines is 1. The van der Waals surface area contributed by atoms with Crippen LogP contribution in [0.3, 0.4) is 0 Å². The van der Waals surface area contributed by atoms with E-state index in [1.54, 1.807) is 0 Å². The van der Waals surface area contributed by atoms with Crippen LogP contribution in [0.5, 0.6) is 0 Å². The summed E-state index contributed by atoms with van der Waals surface area (Å²) in [5.74, 6) is 0.952. The average molecular weight is 338 g/mol. The third-order valence-electron chi connectivity index (χ3n) is 6.08. The van der Waals surface area contributed by atoms with Crippen LogP contribution in [-0.4, -0.2) is 43.8 Å². The van der Waals surface area contributed by atoms with Crippen LogP contribution in [0.2, 0.25) is 0 Å². The number of nitrogens with zero attached hydrogens (tertiary/aromatic N) is 6. The molecule has 2 unspecified atom stereocenters. The van der Waals surface area contributed by atoms with E-state index in [1.165, 1.54) is 42.5 Å². The molecule has 3 aliphatic heterocycles. The molecule has 2 aromatic rings. The van der Waals surface area contributed by atoms with Gasteiger partial charge in [-0.15, -0.1) is 0 Å². The highest BCUT2D eigenvalue weighted by Crippen LogP contribution is 2.44. The zero-order valence-electron chi connectivity index (χ0n) is 14.9. The molecule has 2 saturated heterocycles. The van der Waals surface area contributed by atoms with Crippen LogP contribution in [0.25, 0.3) is 0 Å². The molecule has 2 bridgehead atoms. The van der Waals surface area contributed by atoms with Gasteiger partial charge in [-0.25, -0.2) is 9.97 Å². The number of hydrogen-bond donors (Lipinski definition) is 0. The van der Waals surface area contributed by atoms with Crippen molar-refractivity contribution in [2.24, 2.45) is 0 Å². The number of fused-ring (bicyclic) bond motifs is 4. The Balaban J connectivity index is 1.39. The van der Waals surface area contributed by atoms with Gasteiger partial charge < -0.3 is 4.90 Å². The summed E-state index contributed by atoms with van der Waals surface area (Å²) < 4.78 is 2.01. The lowest BCUT2D eigenvalue weighted by atomic mass is 9.99. The number of rotatable bonds is 4. The van der Waals surface area contributed by atoms with E-state index in [0.717, 1.165) is 38.5 Å². The molecule has 6 nitrogen and oxygen atoms in total. The van der Waals surface area contributed by atoms with Crippen molar-refractivity contribution in [3.8, 4) is 0 Å². The minimum atomic E-state index is 0.478. The molecule has 6 heteroatoms. The molecule has 0 aliphatic carbocycles. The molecule has 0 N–H and O–H groups in total. The van der Waals surface area contributed by atoms with Gasteiger partial charge in [-0.3, -0.25) is 9.58 Å². The normalized spacial score (nSPS) is 25.6. The molecule has 5 heterocycles. The van der Waals surface area contributed by atoms with Crippen LogP contribution in [-0.2, 0) is 19.5 Å². The monoisotopic (exact) mass is 338 g/mol. The van der Waals surface area contributed by atoms with E-state index in [0.29, 0.717) is 12.1 Å². The summed E-state index contributed by atoms with van der Waals surface area (Å²) in [5.41, 5.74) is 3.97. The van der Waals surface area contributed by atoms with Crippen LogP contribution in [0.1, 0.15) is 55.5 Å². The van der Waals surface area contributed by atoms with Crippen molar-refractivity contribution < 1.29 is 0 Å². The first-order valence-corrected chi connectivity index (χ1v) is 9.69. The Morgan fingerprint density at radius 3 is 2.84 bits per heavy atom. The van der Waals surface area contributed by atoms with Crippen molar-refractivity contribution >= 4 is 5.95 Å². The van der Waals surface area contributed by atoms with Crippen molar-refractivity contribution in [2.45, 2.75) is 64.2 Å². The molecule has 5 rings (SSSR count). The Kier molecular flexibility index (Phi) is 3.73. The summed E-state index contributed by atoms with van der Waals surface area (Å²) in [4.78, 5) is 14.7. The Hall–Kier alpha value is -1.95. The molecular weight excluding hydrogens is 312 g/mol. The number of aromatic nitrogens is 4. The van der Waals surface area contributed by atoms with Gasteiger partial charge in [0.05, 0.1) is 11.9 Å². The van der Waals surface area contributed by atoms with Gasteiger partial charge in [-0.1, -0.05) is 0 Å². The van der Waals surface area contributed by atoms with E-state index in [9.17, 15) is 0 Å². The molecule has 3 aliphatic rings. The van der Waals surface area contributed by atoms with Gasteiger partial charge in [0.2, 0.25) is 5.95 Å². The molecule has 132 valence electrons. The molecule has 2 aromatic heterocycles. The molecule has 0 amide bonds. The van der Waals surface area contributed by atoms with Crippen LogP contribution in [0.4, 0.5) is 5.95 Å². The van der Waals surface area contributed by atoms with E-state index in [2.05, 4.69) is 34.2 Å². The fraction of sp³-hybridized carbons (Fsp3) is 0.632. The standard InChI is InChI=1S/C19H26N6/c1-2-24-12-14(10-21-24)13-25-15-5-6-18(25)16-11-20-19(22-17(16)9-15)23-7-3-4-8-23/h10-12,15,18H,2-9,13H2,1H3.